The van der Waals surface area contributed by atoms with Gasteiger partial charge in [0, 0.05) is 5.56 Å². The molecule has 7 heteroatoms. The van der Waals surface area contributed by atoms with Gasteiger partial charge in [0.05, 0.1) is 10.6 Å². The number of rotatable bonds is 5. The smallest absolute Gasteiger partial charge is 0.270 e. The lowest BCUT2D eigenvalue weighted by molar-refractivity contribution is -0.120. The third-order valence-electron chi connectivity index (χ3n) is 4.12. The van der Waals surface area contributed by atoms with Gasteiger partial charge in [0.1, 0.15) is 5.75 Å². The van der Waals surface area contributed by atoms with E-state index in [2.05, 4.69) is 0 Å². The molecule has 0 radical (unpaired) electrons. The molecule has 0 bridgehead atoms. The van der Waals surface area contributed by atoms with E-state index in [4.69, 9.17) is 22.7 Å². The van der Waals surface area contributed by atoms with Crippen molar-refractivity contribution in [3.8, 4) is 5.75 Å². The Morgan fingerprint density at radius 2 is 1.96 bits per heavy atom. The van der Waals surface area contributed by atoms with E-state index >= 15 is 0 Å². The number of carbonyl (C=O) groups excluding carboxylic acids is 2. The zero-order valence-corrected chi connectivity index (χ0v) is 16.5. The highest BCUT2D eigenvalue weighted by Crippen LogP contribution is 2.37. The monoisotopic (exact) mass is 398 g/mol. The van der Waals surface area contributed by atoms with Gasteiger partial charge in [-0.1, -0.05) is 48.2 Å². The number of aryl methyl sites for hydroxylation is 2. The zero-order valence-electron chi connectivity index (χ0n) is 14.9. The third kappa shape index (κ3) is 4.20. The molecule has 1 aliphatic heterocycles. The molecule has 0 spiro atoms. The van der Waals surface area contributed by atoms with Gasteiger partial charge in [0.25, 0.3) is 11.8 Å². The third-order valence-corrected chi connectivity index (χ3v) is 5.42. The van der Waals surface area contributed by atoms with Crippen molar-refractivity contribution in [1.29, 1.82) is 0 Å². The first-order valence-corrected chi connectivity index (χ1v) is 9.44. The predicted molar refractivity (Wildman–Crippen MR) is 113 cm³/mol. The molecule has 0 atom stereocenters. The Balaban J connectivity index is 1.91. The first-order valence-electron chi connectivity index (χ1n) is 8.22. The van der Waals surface area contributed by atoms with Crippen molar-refractivity contribution in [2.24, 2.45) is 5.73 Å². The van der Waals surface area contributed by atoms with Crippen LogP contribution in [-0.4, -0.2) is 22.7 Å². The summed E-state index contributed by atoms with van der Waals surface area (Å²) < 4.78 is 5.90. The number of nitrogens with zero attached hydrogens (tertiary/aromatic N) is 1. The van der Waals surface area contributed by atoms with E-state index in [-0.39, 0.29) is 12.5 Å². The van der Waals surface area contributed by atoms with Gasteiger partial charge in [0.15, 0.2) is 10.9 Å². The lowest BCUT2D eigenvalue weighted by Crippen LogP contribution is -2.27. The number of hydrogen-bond donors (Lipinski definition) is 1. The number of thiocarbonyl (C=S) groups is 1. The van der Waals surface area contributed by atoms with E-state index in [1.165, 1.54) is 16.7 Å². The lowest BCUT2D eigenvalue weighted by Gasteiger charge is -2.16. The summed E-state index contributed by atoms with van der Waals surface area (Å²) in [5.41, 5.74) is 8.82. The fourth-order valence-electron chi connectivity index (χ4n) is 2.58. The number of anilines is 1. The Morgan fingerprint density at radius 1 is 1.22 bits per heavy atom. The maximum atomic E-state index is 12.9. The van der Waals surface area contributed by atoms with Crippen molar-refractivity contribution in [1.82, 2.24) is 0 Å². The summed E-state index contributed by atoms with van der Waals surface area (Å²) in [5, 5.41) is 0. The van der Waals surface area contributed by atoms with Crippen molar-refractivity contribution in [2.45, 2.75) is 13.8 Å². The highest BCUT2D eigenvalue weighted by molar-refractivity contribution is 8.27. The predicted octanol–water partition coefficient (Wildman–Crippen LogP) is 3.57. The summed E-state index contributed by atoms with van der Waals surface area (Å²) in [7, 11) is 0. The summed E-state index contributed by atoms with van der Waals surface area (Å²) in [4.78, 5) is 25.9. The largest absolute Gasteiger partial charge is 0.483 e. The number of amides is 2. The van der Waals surface area contributed by atoms with E-state index in [0.29, 0.717) is 20.5 Å². The minimum absolute atomic E-state index is 0.182. The van der Waals surface area contributed by atoms with Crippen molar-refractivity contribution in [3.63, 3.8) is 0 Å². The molecular weight excluding hydrogens is 380 g/mol. The number of para-hydroxylation sites is 1. The summed E-state index contributed by atoms with van der Waals surface area (Å²) in [5.74, 6) is -0.267. The van der Waals surface area contributed by atoms with Gasteiger partial charge in [-0.25, -0.2) is 0 Å². The van der Waals surface area contributed by atoms with Crippen LogP contribution in [0.25, 0.3) is 6.08 Å². The maximum absolute atomic E-state index is 12.9. The Bertz CT molecular complexity index is 969. The lowest BCUT2D eigenvalue weighted by atomic mass is 10.1. The fraction of sp³-hybridized carbons (Fsp3) is 0.150. The van der Waals surface area contributed by atoms with Gasteiger partial charge < -0.3 is 10.5 Å². The maximum Gasteiger partial charge on any atom is 0.270 e. The number of thioether (sulfide) groups is 1. The Morgan fingerprint density at radius 3 is 2.67 bits per heavy atom. The molecular formula is C20H18N2O3S2. The summed E-state index contributed by atoms with van der Waals surface area (Å²) in [6.07, 6.45) is 1.72. The van der Waals surface area contributed by atoms with E-state index in [1.54, 1.807) is 24.3 Å². The molecule has 3 rings (SSSR count). The van der Waals surface area contributed by atoms with Crippen molar-refractivity contribution in [3.05, 3.63) is 64.1 Å². The van der Waals surface area contributed by atoms with Gasteiger partial charge >= 0.3 is 0 Å². The van der Waals surface area contributed by atoms with Crippen LogP contribution in [0.3, 0.4) is 0 Å². The van der Waals surface area contributed by atoms with Crippen LogP contribution in [-0.2, 0) is 9.59 Å². The molecule has 1 aliphatic rings. The van der Waals surface area contributed by atoms with Crippen LogP contribution in [0.4, 0.5) is 5.69 Å². The molecule has 0 unspecified atom stereocenters. The SMILES string of the molecule is Cc1ccc(N2C(=O)C(=Cc3ccccc3OCC(N)=O)SC2=S)cc1C. The number of hydrogen-bond acceptors (Lipinski definition) is 5. The minimum Gasteiger partial charge on any atom is -0.483 e. The van der Waals surface area contributed by atoms with Gasteiger partial charge in [-0.3, -0.25) is 14.5 Å². The van der Waals surface area contributed by atoms with Crippen LogP contribution in [0.1, 0.15) is 16.7 Å². The van der Waals surface area contributed by atoms with Crippen LogP contribution in [0, 0.1) is 13.8 Å². The number of nitrogens with two attached hydrogens (primary N) is 1. The Kier molecular flexibility index (Phi) is 5.62. The van der Waals surface area contributed by atoms with Crippen LogP contribution >= 0.6 is 24.0 Å². The van der Waals surface area contributed by atoms with Crippen LogP contribution in [0.15, 0.2) is 47.4 Å². The quantitative estimate of drug-likeness (QED) is 0.616. The number of benzene rings is 2. The molecule has 5 nitrogen and oxygen atoms in total. The summed E-state index contributed by atoms with van der Waals surface area (Å²) in [6, 6.07) is 12.9. The summed E-state index contributed by atoms with van der Waals surface area (Å²) in [6.45, 7) is 3.79. The molecule has 2 amide bonds. The van der Waals surface area contributed by atoms with E-state index in [1.807, 2.05) is 38.1 Å². The van der Waals surface area contributed by atoms with Gasteiger partial charge in [0.2, 0.25) is 0 Å². The van der Waals surface area contributed by atoms with Crippen molar-refractivity contribution < 1.29 is 14.3 Å². The number of primary amides is 1. The zero-order chi connectivity index (χ0) is 19.6. The topological polar surface area (TPSA) is 72.6 Å². The van der Waals surface area contributed by atoms with Gasteiger partial charge in [-0.2, -0.15) is 0 Å². The molecule has 0 saturated carbocycles. The fourth-order valence-corrected chi connectivity index (χ4v) is 3.87. The average Bonchev–Trinajstić information content (AvgIpc) is 2.90. The first-order chi connectivity index (χ1) is 12.9. The first kappa shape index (κ1) is 19.1. The molecule has 2 N–H and O–H groups in total. The normalized spacial score (nSPS) is 15.5. The second kappa shape index (κ2) is 7.94. The second-order valence-electron chi connectivity index (χ2n) is 6.08. The van der Waals surface area contributed by atoms with Gasteiger partial charge in [-0.15, -0.1) is 0 Å². The molecule has 1 heterocycles. The average molecular weight is 399 g/mol. The minimum atomic E-state index is -0.564. The summed E-state index contributed by atoms with van der Waals surface area (Å²) >= 11 is 6.66. The molecule has 138 valence electrons. The van der Waals surface area contributed by atoms with Crippen LogP contribution < -0.4 is 15.4 Å². The van der Waals surface area contributed by atoms with Crippen LogP contribution in [0.5, 0.6) is 5.75 Å². The number of ether oxygens (including phenoxy) is 1. The van der Waals surface area contributed by atoms with E-state index < -0.39 is 5.91 Å². The molecule has 0 aliphatic carbocycles. The Labute approximate surface area is 167 Å². The number of carbonyl (C=O) groups is 2. The molecule has 1 saturated heterocycles. The molecule has 2 aromatic rings. The second-order valence-corrected chi connectivity index (χ2v) is 7.75. The molecule has 1 fully saturated rings. The molecule has 27 heavy (non-hydrogen) atoms. The highest BCUT2D eigenvalue weighted by Gasteiger charge is 2.33. The molecule has 2 aromatic carbocycles. The van der Waals surface area contributed by atoms with E-state index in [0.717, 1.165) is 16.8 Å². The van der Waals surface area contributed by atoms with Crippen LogP contribution in [0.2, 0.25) is 0 Å². The van der Waals surface area contributed by atoms with Gasteiger partial charge in [-0.05, 0) is 49.2 Å². The van der Waals surface area contributed by atoms with Crippen molar-refractivity contribution >= 4 is 51.9 Å². The van der Waals surface area contributed by atoms with Crippen molar-refractivity contribution in [2.75, 3.05) is 11.5 Å². The Hall–Kier alpha value is -2.64. The standard InChI is InChI=1S/C20H18N2O3S2/c1-12-7-8-15(9-13(12)2)22-19(24)17(27-20(22)26)10-14-5-3-4-6-16(14)25-11-18(21)23/h3-10H,11H2,1-2H3,(H2,21,23). The molecule has 0 aromatic heterocycles. The highest BCUT2D eigenvalue weighted by atomic mass is 32.2. The van der Waals surface area contributed by atoms with E-state index in [9.17, 15) is 9.59 Å².